The maximum absolute atomic E-state index is 12.4. The summed E-state index contributed by atoms with van der Waals surface area (Å²) in [4.78, 5) is 22.0. The molecule has 2 saturated heterocycles. The van der Waals surface area contributed by atoms with Gasteiger partial charge in [0, 0.05) is 43.5 Å². The van der Waals surface area contributed by atoms with Crippen molar-refractivity contribution in [3.8, 4) is 0 Å². The second-order valence-electron chi connectivity index (χ2n) is 8.26. The number of hydrogen-bond acceptors (Lipinski definition) is 4. The van der Waals surface area contributed by atoms with E-state index in [-0.39, 0.29) is 5.92 Å². The van der Waals surface area contributed by atoms with Crippen LogP contribution in [0, 0.1) is 5.92 Å². The normalized spacial score (nSPS) is 25.9. The number of nitrogens with zero attached hydrogens (tertiary/aromatic N) is 3. The Hall–Kier alpha value is -1.46. The van der Waals surface area contributed by atoms with E-state index in [2.05, 4.69) is 32.2 Å². The van der Waals surface area contributed by atoms with Gasteiger partial charge in [-0.05, 0) is 70.3 Å². The zero-order valence-electron chi connectivity index (χ0n) is 15.8. The molecule has 1 aliphatic carbocycles. The van der Waals surface area contributed by atoms with E-state index < -0.39 is 0 Å². The van der Waals surface area contributed by atoms with Crippen molar-refractivity contribution < 1.29 is 4.79 Å². The first-order valence-electron chi connectivity index (χ1n) is 10.4. The lowest BCUT2D eigenvalue weighted by Crippen LogP contribution is -2.51. The molecule has 1 N–H and O–H groups in total. The molecule has 2 aliphatic heterocycles. The number of pyridine rings is 1. The molecule has 1 saturated carbocycles. The topological polar surface area (TPSA) is 48.5 Å². The van der Waals surface area contributed by atoms with E-state index in [0.29, 0.717) is 18.0 Å². The second kappa shape index (κ2) is 8.49. The van der Waals surface area contributed by atoms with E-state index in [4.69, 9.17) is 0 Å². The van der Waals surface area contributed by atoms with Gasteiger partial charge in [-0.2, -0.15) is 0 Å². The first kappa shape index (κ1) is 17.9. The van der Waals surface area contributed by atoms with E-state index in [9.17, 15) is 4.79 Å². The van der Waals surface area contributed by atoms with Crippen molar-refractivity contribution >= 4 is 5.91 Å². The van der Waals surface area contributed by atoms with Gasteiger partial charge in [0.2, 0.25) is 5.91 Å². The van der Waals surface area contributed by atoms with Crippen LogP contribution in [0.2, 0.25) is 0 Å². The van der Waals surface area contributed by atoms with Crippen molar-refractivity contribution in [2.75, 3.05) is 32.7 Å². The number of carbonyl (C=O) groups is 1. The smallest absolute Gasteiger partial charge is 0.224 e. The zero-order chi connectivity index (χ0) is 17.8. The van der Waals surface area contributed by atoms with E-state index >= 15 is 0 Å². The van der Waals surface area contributed by atoms with Crippen molar-refractivity contribution in [1.82, 2.24) is 20.1 Å². The number of carbonyl (C=O) groups excluding carboxylic acids is 1. The van der Waals surface area contributed by atoms with Crippen LogP contribution < -0.4 is 5.32 Å². The molecule has 4 rings (SSSR count). The fraction of sp³-hybridized carbons (Fsp3) is 0.714. The third-order valence-corrected chi connectivity index (χ3v) is 6.23. The van der Waals surface area contributed by atoms with Crippen LogP contribution in [0.4, 0.5) is 0 Å². The molecule has 3 fully saturated rings. The molecule has 0 spiro atoms. The lowest BCUT2D eigenvalue weighted by molar-refractivity contribution is -0.127. The van der Waals surface area contributed by atoms with Crippen molar-refractivity contribution in [2.45, 2.75) is 57.0 Å². The van der Waals surface area contributed by atoms with Gasteiger partial charge in [0.25, 0.3) is 0 Å². The van der Waals surface area contributed by atoms with Crippen LogP contribution in [-0.2, 0) is 11.2 Å². The largest absolute Gasteiger partial charge is 0.353 e. The van der Waals surface area contributed by atoms with Gasteiger partial charge in [0.05, 0.1) is 5.92 Å². The molecule has 0 aromatic carbocycles. The highest BCUT2D eigenvalue weighted by Gasteiger charge is 2.33. The number of nitrogens with one attached hydrogen (secondary N) is 1. The predicted octanol–water partition coefficient (Wildman–Crippen LogP) is 2.08. The Balaban J connectivity index is 1.20. The second-order valence-corrected chi connectivity index (χ2v) is 8.26. The highest BCUT2D eigenvalue weighted by molar-refractivity contribution is 5.79. The summed E-state index contributed by atoms with van der Waals surface area (Å²) in [6.07, 6.45) is 9.99. The van der Waals surface area contributed by atoms with E-state index in [1.54, 1.807) is 0 Å². The fourth-order valence-corrected chi connectivity index (χ4v) is 4.43. The summed E-state index contributed by atoms with van der Waals surface area (Å²) in [5.74, 6) is 0.525. The minimum Gasteiger partial charge on any atom is -0.353 e. The van der Waals surface area contributed by atoms with Gasteiger partial charge < -0.3 is 10.2 Å². The number of likely N-dealkylation sites (tertiary alicyclic amines) is 2. The van der Waals surface area contributed by atoms with Crippen molar-refractivity contribution in [3.05, 3.63) is 30.1 Å². The third kappa shape index (κ3) is 4.83. The minimum absolute atomic E-state index is 0.214. The Bertz CT molecular complexity index is 581. The van der Waals surface area contributed by atoms with Crippen molar-refractivity contribution in [3.63, 3.8) is 0 Å². The summed E-state index contributed by atoms with van der Waals surface area (Å²) in [7, 11) is 0. The predicted molar refractivity (Wildman–Crippen MR) is 103 cm³/mol. The number of aromatic nitrogens is 1. The molecule has 1 unspecified atom stereocenters. The van der Waals surface area contributed by atoms with Gasteiger partial charge in [-0.25, -0.2) is 0 Å². The van der Waals surface area contributed by atoms with Crippen LogP contribution in [0.25, 0.3) is 0 Å². The summed E-state index contributed by atoms with van der Waals surface area (Å²) in [5, 5.41) is 3.21. The van der Waals surface area contributed by atoms with Crippen LogP contribution in [0.5, 0.6) is 0 Å². The Labute approximate surface area is 157 Å². The Morgan fingerprint density at radius 2 is 1.96 bits per heavy atom. The standard InChI is InChI=1S/C21H32N4O/c26-21(23-19-6-7-19)17-4-3-12-25(16-17)20-9-14-24(15-10-20)13-8-18-5-1-2-11-22-18/h1-2,5,11,17,19-20H,3-4,6-10,12-16H2,(H,23,26). The highest BCUT2D eigenvalue weighted by atomic mass is 16.2. The van der Waals surface area contributed by atoms with E-state index in [1.807, 2.05) is 12.3 Å². The number of amides is 1. The summed E-state index contributed by atoms with van der Waals surface area (Å²) in [5.41, 5.74) is 1.19. The zero-order valence-corrected chi connectivity index (χ0v) is 15.8. The molecular formula is C21H32N4O. The maximum atomic E-state index is 12.4. The van der Waals surface area contributed by atoms with Crippen LogP contribution >= 0.6 is 0 Å². The van der Waals surface area contributed by atoms with Gasteiger partial charge >= 0.3 is 0 Å². The monoisotopic (exact) mass is 356 g/mol. The molecule has 5 nitrogen and oxygen atoms in total. The molecule has 3 aliphatic rings. The number of hydrogen-bond donors (Lipinski definition) is 1. The molecule has 1 aromatic rings. The lowest BCUT2D eigenvalue weighted by Gasteiger charge is -2.42. The number of rotatable bonds is 6. The molecule has 1 amide bonds. The highest BCUT2D eigenvalue weighted by Crippen LogP contribution is 2.26. The van der Waals surface area contributed by atoms with Gasteiger partial charge in [-0.3, -0.25) is 14.7 Å². The summed E-state index contributed by atoms with van der Waals surface area (Å²) < 4.78 is 0. The average Bonchev–Trinajstić information content (AvgIpc) is 3.52. The maximum Gasteiger partial charge on any atom is 0.224 e. The van der Waals surface area contributed by atoms with Gasteiger partial charge in [0.1, 0.15) is 0 Å². The third-order valence-electron chi connectivity index (χ3n) is 6.23. The van der Waals surface area contributed by atoms with Crippen LogP contribution in [0.3, 0.4) is 0 Å². The van der Waals surface area contributed by atoms with E-state index in [0.717, 1.165) is 25.9 Å². The van der Waals surface area contributed by atoms with Crippen molar-refractivity contribution in [1.29, 1.82) is 0 Å². The van der Waals surface area contributed by atoms with Crippen molar-refractivity contribution in [2.24, 2.45) is 5.92 Å². The minimum atomic E-state index is 0.214. The molecule has 3 heterocycles. The van der Waals surface area contributed by atoms with Crippen LogP contribution in [0.15, 0.2) is 24.4 Å². The van der Waals surface area contributed by atoms with Gasteiger partial charge in [0.15, 0.2) is 0 Å². The fourth-order valence-electron chi connectivity index (χ4n) is 4.43. The van der Waals surface area contributed by atoms with Gasteiger partial charge in [-0.1, -0.05) is 6.07 Å². The SMILES string of the molecule is O=C(NC1CC1)C1CCCN(C2CCN(CCc3ccccn3)CC2)C1. The van der Waals surface area contributed by atoms with Crippen LogP contribution in [0.1, 0.15) is 44.2 Å². The van der Waals surface area contributed by atoms with Gasteiger partial charge in [-0.15, -0.1) is 0 Å². The molecule has 0 radical (unpaired) electrons. The summed E-state index contributed by atoms with van der Waals surface area (Å²) in [6.45, 7) is 5.60. The van der Waals surface area contributed by atoms with Crippen LogP contribution in [-0.4, -0.2) is 65.5 Å². The Morgan fingerprint density at radius 1 is 1.12 bits per heavy atom. The molecule has 5 heteroatoms. The summed E-state index contributed by atoms with van der Waals surface area (Å²) >= 11 is 0. The molecule has 26 heavy (non-hydrogen) atoms. The average molecular weight is 357 g/mol. The first-order valence-corrected chi connectivity index (χ1v) is 10.4. The molecular weight excluding hydrogens is 324 g/mol. The Kier molecular flexibility index (Phi) is 5.85. The first-order chi connectivity index (χ1) is 12.8. The van der Waals surface area contributed by atoms with E-state index in [1.165, 1.54) is 57.4 Å². The Morgan fingerprint density at radius 3 is 2.69 bits per heavy atom. The molecule has 1 atom stereocenters. The molecule has 0 bridgehead atoms. The molecule has 142 valence electrons. The number of piperidine rings is 2. The quantitative estimate of drug-likeness (QED) is 0.848. The lowest BCUT2D eigenvalue weighted by atomic mass is 9.93. The summed E-state index contributed by atoms with van der Waals surface area (Å²) in [6, 6.07) is 7.32. The molecule has 1 aromatic heterocycles.